The van der Waals surface area contributed by atoms with Crippen LogP contribution < -0.4 is 0 Å². The van der Waals surface area contributed by atoms with Crippen molar-refractivity contribution in [3.8, 4) is 0 Å². The first kappa shape index (κ1) is 13.2. The third-order valence-corrected chi connectivity index (χ3v) is 4.11. The number of carbonyl (C=O) groups is 1. The van der Waals surface area contributed by atoms with E-state index in [1.165, 1.54) is 12.8 Å². The molecule has 4 nitrogen and oxygen atoms in total. The summed E-state index contributed by atoms with van der Waals surface area (Å²) in [4.78, 5) is 13.8. The molecule has 0 saturated carbocycles. The lowest BCUT2D eigenvalue weighted by molar-refractivity contribution is 0.0685. The van der Waals surface area contributed by atoms with Gasteiger partial charge < -0.3 is 14.6 Å². The Morgan fingerprint density at radius 2 is 1.95 bits per heavy atom. The van der Waals surface area contributed by atoms with Crippen molar-refractivity contribution in [2.24, 2.45) is 0 Å². The average Bonchev–Trinajstić information content (AvgIpc) is 3.02. The van der Waals surface area contributed by atoms with Crippen molar-refractivity contribution in [1.29, 1.82) is 0 Å². The molecule has 0 unspecified atom stereocenters. The van der Waals surface area contributed by atoms with E-state index in [1.807, 2.05) is 29.7 Å². The molecule has 4 heteroatoms. The van der Waals surface area contributed by atoms with E-state index in [2.05, 4.69) is 4.90 Å². The average molecular weight is 272 g/mol. The molecule has 0 amide bonds. The molecule has 1 fully saturated rings. The van der Waals surface area contributed by atoms with E-state index in [0.717, 1.165) is 42.6 Å². The summed E-state index contributed by atoms with van der Waals surface area (Å²) in [5, 5.41) is 10.4. The quantitative estimate of drug-likeness (QED) is 0.931. The first-order valence-corrected chi connectivity index (χ1v) is 7.21. The van der Waals surface area contributed by atoms with Gasteiger partial charge in [-0.15, -0.1) is 0 Å². The van der Waals surface area contributed by atoms with E-state index in [0.29, 0.717) is 5.69 Å². The van der Waals surface area contributed by atoms with Gasteiger partial charge in [-0.1, -0.05) is 11.6 Å². The van der Waals surface area contributed by atoms with Crippen LogP contribution in [-0.4, -0.2) is 40.2 Å². The molecule has 0 spiro atoms. The van der Waals surface area contributed by atoms with Crippen molar-refractivity contribution < 1.29 is 9.90 Å². The SMILES string of the molecule is Cc1ccc2c(c1)cc(C(=O)O)n2CCN1CCCC1. The first-order valence-electron chi connectivity index (χ1n) is 7.21. The third-order valence-electron chi connectivity index (χ3n) is 4.11. The van der Waals surface area contributed by atoms with Gasteiger partial charge in [0.15, 0.2) is 0 Å². The molecule has 0 bridgehead atoms. The minimum atomic E-state index is -0.847. The molecule has 20 heavy (non-hydrogen) atoms. The molecule has 0 atom stereocenters. The number of carboxylic acid groups (broad SMARTS) is 1. The van der Waals surface area contributed by atoms with Gasteiger partial charge in [0, 0.05) is 24.0 Å². The highest BCUT2D eigenvalue weighted by Crippen LogP contribution is 2.22. The smallest absolute Gasteiger partial charge is 0.352 e. The number of nitrogens with zero attached hydrogens (tertiary/aromatic N) is 2. The van der Waals surface area contributed by atoms with Crippen LogP contribution in [0, 0.1) is 6.92 Å². The van der Waals surface area contributed by atoms with Gasteiger partial charge >= 0.3 is 5.97 Å². The van der Waals surface area contributed by atoms with Gasteiger partial charge in [-0.2, -0.15) is 0 Å². The normalized spacial score (nSPS) is 16.1. The van der Waals surface area contributed by atoms with Crippen LogP contribution >= 0.6 is 0 Å². The van der Waals surface area contributed by atoms with E-state index in [1.54, 1.807) is 6.07 Å². The third kappa shape index (κ3) is 2.43. The highest BCUT2D eigenvalue weighted by molar-refractivity contribution is 5.94. The minimum absolute atomic E-state index is 0.393. The maximum Gasteiger partial charge on any atom is 0.352 e. The zero-order valence-electron chi connectivity index (χ0n) is 11.8. The first-order chi connectivity index (χ1) is 9.65. The molecule has 0 aliphatic carbocycles. The number of hydrogen-bond acceptors (Lipinski definition) is 2. The van der Waals surface area contributed by atoms with Crippen molar-refractivity contribution in [1.82, 2.24) is 9.47 Å². The molecule has 3 rings (SSSR count). The summed E-state index contributed by atoms with van der Waals surface area (Å²) >= 11 is 0. The van der Waals surface area contributed by atoms with Crippen molar-refractivity contribution in [2.45, 2.75) is 26.3 Å². The second kappa shape index (κ2) is 5.29. The van der Waals surface area contributed by atoms with Crippen molar-refractivity contribution in [2.75, 3.05) is 19.6 Å². The summed E-state index contributed by atoms with van der Waals surface area (Å²) in [7, 11) is 0. The predicted octanol–water partition coefficient (Wildman–Crippen LogP) is 2.74. The van der Waals surface area contributed by atoms with E-state index in [4.69, 9.17) is 0 Å². The fraction of sp³-hybridized carbons (Fsp3) is 0.438. The Kier molecular flexibility index (Phi) is 3.49. The number of likely N-dealkylation sites (tertiary alicyclic amines) is 1. The zero-order valence-corrected chi connectivity index (χ0v) is 11.8. The van der Waals surface area contributed by atoms with Gasteiger partial charge in [0.1, 0.15) is 5.69 Å². The Morgan fingerprint density at radius 3 is 2.65 bits per heavy atom. The summed E-state index contributed by atoms with van der Waals surface area (Å²) < 4.78 is 1.94. The summed E-state index contributed by atoms with van der Waals surface area (Å²) in [6.07, 6.45) is 2.52. The molecular weight excluding hydrogens is 252 g/mol. The van der Waals surface area contributed by atoms with Gasteiger partial charge in [-0.05, 0) is 51.1 Å². The Balaban J connectivity index is 1.93. The van der Waals surface area contributed by atoms with Gasteiger partial charge in [-0.3, -0.25) is 0 Å². The Labute approximate surface area is 118 Å². The molecule has 1 aliphatic heterocycles. The second-order valence-electron chi connectivity index (χ2n) is 5.60. The number of aromatic carboxylic acids is 1. The van der Waals surface area contributed by atoms with Crippen LogP contribution in [0.25, 0.3) is 10.9 Å². The van der Waals surface area contributed by atoms with Gasteiger partial charge in [0.05, 0.1) is 0 Å². The fourth-order valence-electron chi connectivity index (χ4n) is 3.06. The maximum absolute atomic E-state index is 11.4. The van der Waals surface area contributed by atoms with Crippen LogP contribution in [0.4, 0.5) is 0 Å². The van der Waals surface area contributed by atoms with E-state index in [9.17, 15) is 9.90 Å². The van der Waals surface area contributed by atoms with Crippen LogP contribution in [0.2, 0.25) is 0 Å². The number of benzene rings is 1. The lowest BCUT2D eigenvalue weighted by Crippen LogP contribution is -2.25. The molecule has 2 heterocycles. The van der Waals surface area contributed by atoms with Crippen molar-refractivity contribution in [3.63, 3.8) is 0 Å². The summed E-state index contributed by atoms with van der Waals surface area (Å²) in [6, 6.07) is 7.91. The standard InChI is InChI=1S/C16H20N2O2/c1-12-4-5-14-13(10-12)11-15(16(19)20)18(14)9-8-17-6-2-3-7-17/h4-5,10-11H,2-3,6-9H2,1H3,(H,19,20). The molecule has 1 aliphatic rings. The number of aromatic nitrogens is 1. The molecule has 106 valence electrons. The maximum atomic E-state index is 11.4. The van der Waals surface area contributed by atoms with Gasteiger partial charge in [-0.25, -0.2) is 4.79 Å². The molecule has 1 N–H and O–H groups in total. The second-order valence-corrected chi connectivity index (χ2v) is 5.60. The van der Waals surface area contributed by atoms with Crippen LogP contribution in [-0.2, 0) is 6.54 Å². The van der Waals surface area contributed by atoms with Crippen molar-refractivity contribution in [3.05, 3.63) is 35.5 Å². The largest absolute Gasteiger partial charge is 0.477 e. The Bertz CT molecular complexity index is 639. The lowest BCUT2D eigenvalue weighted by atomic mass is 10.2. The highest BCUT2D eigenvalue weighted by atomic mass is 16.4. The van der Waals surface area contributed by atoms with Crippen LogP contribution in [0.1, 0.15) is 28.9 Å². The summed E-state index contributed by atoms with van der Waals surface area (Å²) in [5.74, 6) is -0.847. The fourth-order valence-corrected chi connectivity index (χ4v) is 3.06. The Hall–Kier alpha value is -1.81. The van der Waals surface area contributed by atoms with E-state index >= 15 is 0 Å². The monoisotopic (exact) mass is 272 g/mol. The van der Waals surface area contributed by atoms with E-state index in [-0.39, 0.29) is 0 Å². The van der Waals surface area contributed by atoms with Gasteiger partial charge in [0.2, 0.25) is 0 Å². The molecule has 0 radical (unpaired) electrons. The Morgan fingerprint density at radius 1 is 1.20 bits per heavy atom. The van der Waals surface area contributed by atoms with Gasteiger partial charge in [0.25, 0.3) is 0 Å². The van der Waals surface area contributed by atoms with Crippen LogP contribution in [0.5, 0.6) is 0 Å². The molecule has 2 aromatic rings. The molecule has 1 aromatic heterocycles. The van der Waals surface area contributed by atoms with Crippen molar-refractivity contribution >= 4 is 16.9 Å². The number of aryl methyl sites for hydroxylation is 1. The molecule has 1 saturated heterocycles. The predicted molar refractivity (Wildman–Crippen MR) is 79.3 cm³/mol. The molecular formula is C16H20N2O2. The highest BCUT2D eigenvalue weighted by Gasteiger charge is 2.17. The van der Waals surface area contributed by atoms with Crippen LogP contribution in [0.3, 0.4) is 0 Å². The number of rotatable bonds is 4. The topological polar surface area (TPSA) is 45.5 Å². The number of fused-ring (bicyclic) bond motifs is 1. The zero-order chi connectivity index (χ0) is 14.1. The number of hydrogen-bond donors (Lipinski definition) is 1. The lowest BCUT2D eigenvalue weighted by Gasteiger charge is -2.16. The summed E-state index contributed by atoms with van der Waals surface area (Å²) in [5.41, 5.74) is 2.57. The summed E-state index contributed by atoms with van der Waals surface area (Å²) in [6.45, 7) is 5.98. The molecule has 1 aromatic carbocycles. The number of carboxylic acids is 1. The van der Waals surface area contributed by atoms with Crippen LogP contribution in [0.15, 0.2) is 24.3 Å². The van der Waals surface area contributed by atoms with E-state index < -0.39 is 5.97 Å². The minimum Gasteiger partial charge on any atom is -0.477 e.